The third-order valence-electron chi connectivity index (χ3n) is 3.70. The number of carbonyl (C=O) groups is 1. The molecule has 0 unspecified atom stereocenters. The van der Waals surface area contributed by atoms with Crippen molar-refractivity contribution >= 4 is 40.2 Å². The summed E-state index contributed by atoms with van der Waals surface area (Å²) in [6.45, 7) is 7.57. The van der Waals surface area contributed by atoms with Gasteiger partial charge in [0.2, 0.25) is 5.89 Å². The minimum atomic E-state index is -0.755. The summed E-state index contributed by atoms with van der Waals surface area (Å²) in [4.78, 5) is 23.2. The number of carbonyl (C=O) groups excluding carboxylic acids is 1. The Morgan fingerprint density at radius 1 is 1.31 bits per heavy atom. The number of hydrogen-bond donors (Lipinski definition) is 1. The summed E-state index contributed by atoms with van der Waals surface area (Å²) in [5.74, 6) is 0.832. The largest absolute Gasteiger partial charge is 0.339 e. The summed E-state index contributed by atoms with van der Waals surface area (Å²) in [6.07, 6.45) is 1.64. The average Bonchev–Trinajstić information content (AvgIpc) is 3.27. The van der Waals surface area contributed by atoms with Gasteiger partial charge in [-0.25, -0.2) is 4.98 Å². The van der Waals surface area contributed by atoms with Crippen molar-refractivity contribution in [2.45, 2.75) is 46.1 Å². The van der Waals surface area contributed by atoms with Gasteiger partial charge in [-0.3, -0.25) is 4.79 Å². The number of amides is 1. The minimum absolute atomic E-state index is 0.208. The van der Waals surface area contributed by atoms with Crippen molar-refractivity contribution < 1.29 is 9.32 Å². The number of hydrogen-bond acceptors (Lipinski definition) is 7. The van der Waals surface area contributed by atoms with Gasteiger partial charge in [-0.15, -0.1) is 22.7 Å². The summed E-state index contributed by atoms with van der Waals surface area (Å²) in [6, 6.07) is 3.73. The van der Waals surface area contributed by atoms with Crippen molar-refractivity contribution in [2.75, 3.05) is 0 Å². The van der Waals surface area contributed by atoms with Gasteiger partial charge >= 0.3 is 0 Å². The van der Waals surface area contributed by atoms with E-state index in [1.165, 1.54) is 22.7 Å². The van der Waals surface area contributed by atoms with Crippen molar-refractivity contribution in [3.63, 3.8) is 0 Å². The van der Waals surface area contributed by atoms with E-state index < -0.39 is 5.54 Å². The molecule has 0 aromatic carbocycles. The fraction of sp³-hybridized carbons (Fsp3) is 0.412. The molecule has 0 bridgehead atoms. The van der Waals surface area contributed by atoms with Crippen molar-refractivity contribution in [1.82, 2.24) is 20.4 Å². The lowest BCUT2D eigenvalue weighted by Gasteiger charge is -2.21. The molecule has 0 saturated carbocycles. The van der Waals surface area contributed by atoms with Gasteiger partial charge in [-0.05, 0) is 39.3 Å². The quantitative estimate of drug-likeness (QED) is 0.629. The first-order valence-corrected chi connectivity index (χ1v) is 10.2. The maximum Gasteiger partial charge on any atom is 0.264 e. The fourth-order valence-electron chi connectivity index (χ4n) is 2.36. The molecule has 0 saturated heterocycles. The van der Waals surface area contributed by atoms with Crippen LogP contribution in [-0.2, 0) is 12.0 Å². The second kappa shape index (κ2) is 7.46. The van der Waals surface area contributed by atoms with Crippen LogP contribution >= 0.6 is 34.3 Å². The molecule has 0 fully saturated rings. The van der Waals surface area contributed by atoms with Crippen LogP contribution in [0.5, 0.6) is 0 Å². The molecule has 0 aliphatic rings. The van der Waals surface area contributed by atoms with Crippen LogP contribution in [-0.4, -0.2) is 21.0 Å². The third kappa shape index (κ3) is 3.97. The Bertz CT molecular complexity index is 929. The van der Waals surface area contributed by atoms with E-state index in [1.807, 2.05) is 39.8 Å². The summed E-state index contributed by atoms with van der Waals surface area (Å²) < 4.78 is 5.93. The second-order valence-electron chi connectivity index (χ2n) is 6.38. The predicted molar refractivity (Wildman–Crippen MR) is 104 cm³/mol. The Morgan fingerprint density at radius 2 is 2.08 bits per heavy atom. The molecule has 0 aliphatic carbocycles. The molecule has 0 radical (unpaired) electrons. The van der Waals surface area contributed by atoms with E-state index in [4.69, 9.17) is 16.1 Å². The molecule has 1 N–H and O–H groups in total. The van der Waals surface area contributed by atoms with E-state index in [9.17, 15) is 4.79 Å². The lowest BCUT2D eigenvalue weighted by atomic mass is 10.0. The zero-order valence-electron chi connectivity index (χ0n) is 14.9. The molecule has 26 heavy (non-hydrogen) atoms. The van der Waals surface area contributed by atoms with Crippen LogP contribution in [0.1, 0.15) is 54.3 Å². The molecular weight excluding hydrogens is 392 g/mol. The molecule has 3 aromatic heterocycles. The molecule has 3 rings (SSSR count). The Balaban J connectivity index is 1.79. The molecule has 3 heterocycles. The molecule has 9 heteroatoms. The smallest absolute Gasteiger partial charge is 0.264 e. The zero-order chi connectivity index (χ0) is 18.9. The fourth-order valence-corrected chi connectivity index (χ4v) is 4.42. The monoisotopic (exact) mass is 410 g/mol. The van der Waals surface area contributed by atoms with Crippen LogP contribution in [0.3, 0.4) is 0 Å². The van der Waals surface area contributed by atoms with E-state index in [0.29, 0.717) is 26.6 Å². The summed E-state index contributed by atoms with van der Waals surface area (Å²) in [7, 11) is 0. The molecule has 6 nitrogen and oxygen atoms in total. The molecule has 0 aliphatic heterocycles. The first-order chi connectivity index (χ1) is 12.3. The summed E-state index contributed by atoms with van der Waals surface area (Å²) >= 11 is 8.78. The number of aromatic nitrogens is 3. The molecular formula is C17H19ClN4O2S2. The van der Waals surface area contributed by atoms with Gasteiger partial charge in [0.05, 0.1) is 20.4 Å². The Labute approximate surface area is 164 Å². The summed E-state index contributed by atoms with van der Waals surface area (Å²) in [5.41, 5.74) is -0.0716. The SMILES string of the molecule is CCCc1nc(C(C)(C)NC(=O)c2sc(-c3ccc(Cl)s3)nc2C)no1. The molecule has 138 valence electrons. The highest BCUT2D eigenvalue weighted by Crippen LogP contribution is 2.35. The predicted octanol–water partition coefficient (Wildman–Crippen LogP) is 4.83. The van der Waals surface area contributed by atoms with Crippen LogP contribution < -0.4 is 5.32 Å². The number of nitrogens with one attached hydrogen (secondary N) is 1. The standard InChI is InChI=1S/C17H19ClN4O2S2/c1-5-6-12-20-16(22-24-12)17(3,4)21-14(23)13-9(2)19-15(26-13)10-7-8-11(18)25-10/h7-8H,5-6H2,1-4H3,(H,21,23). The van der Waals surface area contributed by atoms with Gasteiger partial charge in [0.25, 0.3) is 5.91 Å². The highest BCUT2D eigenvalue weighted by Gasteiger charge is 2.30. The lowest BCUT2D eigenvalue weighted by Crippen LogP contribution is -2.41. The van der Waals surface area contributed by atoms with Crippen LogP contribution in [0, 0.1) is 6.92 Å². The van der Waals surface area contributed by atoms with Gasteiger partial charge in [-0.1, -0.05) is 23.7 Å². The van der Waals surface area contributed by atoms with Crippen LogP contribution in [0.15, 0.2) is 16.7 Å². The van der Waals surface area contributed by atoms with E-state index in [1.54, 1.807) is 0 Å². The molecule has 3 aromatic rings. The van der Waals surface area contributed by atoms with Gasteiger partial charge < -0.3 is 9.84 Å². The number of thiophene rings is 1. The lowest BCUT2D eigenvalue weighted by molar-refractivity contribution is 0.0911. The number of rotatable bonds is 6. The van der Waals surface area contributed by atoms with Gasteiger partial charge in [0.1, 0.15) is 9.88 Å². The van der Waals surface area contributed by atoms with Crippen LogP contribution in [0.4, 0.5) is 0 Å². The van der Waals surface area contributed by atoms with Crippen molar-refractivity contribution in [2.24, 2.45) is 0 Å². The second-order valence-corrected chi connectivity index (χ2v) is 9.09. The molecule has 0 atom stereocenters. The highest BCUT2D eigenvalue weighted by atomic mass is 35.5. The van der Waals surface area contributed by atoms with Crippen molar-refractivity contribution in [3.05, 3.63) is 38.8 Å². The first-order valence-electron chi connectivity index (χ1n) is 8.19. The van der Waals surface area contributed by atoms with E-state index in [2.05, 4.69) is 20.4 Å². The minimum Gasteiger partial charge on any atom is -0.339 e. The van der Waals surface area contributed by atoms with Gasteiger partial charge in [-0.2, -0.15) is 4.98 Å². The van der Waals surface area contributed by atoms with Gasteiger partial charge in [0.15, 0.2) is 5.82 Å². The zero-order valence-corrected chi connectivity index (χ0v) is 17.3. The van der Waals surface area contributed by atoms with Crippen molar-refractivity contribution in [3.8, 4) is 9.88 Å². The molecule has 1 amide bonds. The Morgan fingerprint density at radius 3 is 2.73 bits per heavy atom. The Kier molecular flexibility index (Phi) is 5.45. The highest BCUT2D eigenvalue weighted by molar-refractivity contribution is 7.24. The van der Waals surface area contributed by atoms with E-state index in [0.717, 1.165) is 22.7 Å². The maximum absolute atomic E-state index is 12.8. The number of thiazole rings is 1. The average molecular weight is 411 g/mol. The van der Waals surface area contributed by atoms with Crippen molar-refractivity contribution in [1.29, 1.82) is 0 Å². The third-order valence-corrected chi connectivity index (χ3v) is 6.26. The number of halogens is 1. The first kappa shape index (κ1) is 19.0. The number of nitrogens with zero attached hydrogens (tertiary/aromatic N) is 3. The van der Waals surface area contributed by atoms with E-state index in [-0.39, 0.29) is 5.91 Å². The Hall–Kier alpha value is -1.77. The topological polar surface area (TPSA) is 80.9 Å². The van der Waals surface area contributed by atoms with Crippen LogP contribution in [0.2, 0.25) is 4.34 Å². The van der Waals surface area contributed by atoms with E-state index >= 15 is 0 Å². The van der Waals surface area contributed by atoms with Gasteiger partial charge in [0, 0.05) is 6.42 Å². The van der Waals surface area contributed by atoms with Crippen LogP contribution in [0.25, 0.3) is 9.88 Å². The summed E-state index contributed by atoms with van der Waals surface area (Å²) in [5, 5.41) is 7.77. The maximum atomic E-state index is 12.8. The number of aryl methyl sites for hydroxylation is 2. The molecule has 0 spiro atoms. The normalized spacial score (nSPS) is 11.7.